The minimum atomic E-state index is -0.355. The first-order valence-electron chi connectivity index (χ1n) is 4.99. The van der Waals surface area contributed by atoms with Gasteiger partial charge in [0.1, 0.15) is 0 Å². The number of carbonyl (C=O) groups excluding carboxylic acids is 1. The van der Waals surface area contributed by atoms with E-state index >= 15 is 0 Å². The number of Topliss-reactive ketones (excluding diaryl/α,β-unsaturated/α-hetero) is 1. The Morgan fingerprint density at radius 2 is 1.87 bits per heavy atom. The SMILES string of the molecule is O=C1c2cccc3cccc(c23)C1CO. The van der Waals surface area contributed by atoms with Gasteiger partial charge in [-0.25, -0.2) is 0 Å². The first-order valence-corrected chi connectivity index (χ1v) is 4.99. The normalized spacial score (nSPS) is 18.7. The minimum absolute atomic E-state index is 0.0456. The molecule has 3 rings (SSSR count). The van der Waals surface area contributed by atoms with Crippen LogP contribution in [0, 0.1) is 0 Å². The molecule has 0 aromatic heterocycles. The van der Waals surface area contributed by atoms with Crippen LogP contribution in [0.1, 0.15) is 21.8 Å². The van der Waals surface area contributed by atoms with E-state index in [4.69, 9.17) is 0 Å². The van der Waals surface area contributed by atoms with E-state index in [0.717, 1.165) is 21.9 Å². The molecular formula is C13H10O2. The van der Waals surface area contributed by atoms with E-state index in [0.29, 0.717) is 0 Å². The Bertz CT molecular complexity index is 552. The van der Waals surface area contributed by atoms with Gasteiger partial charge in [0, 0.05) is 5.56 Å². The number of benzene rings is 2. The Morgan fingerprint density at radius 3 is 2.60 bits per heavy atom. The Balaban J connectivity index is 2.45. The van der Waals surface area contributed by atoms with Gasteiger partial charge in [0.05, 0.1) is 12.5 Å². The second-order valence-electron chi connectivity index (χ2n) is 3.85. The summed E-state index contributed by atoms with van der Waals surface area (Å²) in [5.41, 5.74) is 1.72. The van der Waals surface area contributed by atoms with Crippen LogP contribution in [-0.2, 0) is 0 Å². The van der Waals surface area contributed by atoms with Gasteiger partial charge in [-0.05, 0) is 16.3 Å². The summed E-state index contributed by atoms with van der Waals surface area (Å²) in [7, 11) is 0. The molecule has 1 unspecified atom stereocenters. The fourth-order valence-corrected chi connectivity index (χ4v) is 2.38. The summed E-state index contributed by atoms with van der Waals surface area (Å²) in [5.74, 6) is -0.310. The third kappa shape index (κ3) is 0.997. The summed E-state index contributed by atoms with van der Waals surface area (Å²) in [6.45, 7) is -0.105. The molecule has 0 bridgehead atoms. The van der Waals surface area contributed by atoms with Crippen LogP contribution in [0.3, 0.4) is 0 Å². The van der Waals surface area contributed by atoms with Crippen molar-refractivity contribution in [2.45, 2.75) is 5.92 Å². The molecule has 0 amide bonds. The van der Waals surface area contributed by atoms with Gasteiger partial charge in [0.2, 0.25) is 0 Å². The number of aliphatic hydroxyl groups excluding tert-OH is 1. The predicted molar refractivity (Wildman–Crippen MR) is 58.1 cm³/mol. The Hall–Kier alpha value is -1.67. The molecule has 2 heteroatoms. The number of aliphatic hydroxyl groups is 1. The maximum Gasteiger partial charge on any atom is 0.173 e. The second kappa shape index (κ2) is 2.91. The molecule has 1 aliphatic rings. The summed E-state index contributed by atoms with van der Waals surface area (Å²) >= 11 is 0. The molecule has 1 N–H and O–H groups in total. The first kappa shape index (κ1) is 8.62. The lowest BCUT2D eigenvalue weighted by Crippen LogP contribution is -2.10. The average Bonchev–Trinajstić information content (AvgIpc) is 2.55. The van der Waals surface area contributed by atoms with E-state index in [2.05, 4.69) is 0 Å². The summed E-state index contributed by atoms with van der Waals surface area (Å²) in [5, 5.41) is 11.3. The number of hydrogen-bond donors (Lipinski definition) is 1. The molecular weight excluding hydrogens is 188 g/mol. The lowest BCUT2D eigenvalue weighted by Gasteiger charge is -2.04. The van der Waals surface area contributed by atoms with Crippen molar-refractivity contribution >= 4 is 16.6 Å². The summed E-state index contributed by atoms with van der Waals surface area (Å²) in [6.07, 6.45) is 0. The molecule has 0 saturated carbocycles. The van der Waals surface area contributed by atoms with Crippen molar-refractivity contribution in [2.75, 3.05) is 6.61 Å². The zero-order valence-electron chi connectivity index (χ0n) is 8.10. The van der Waals surface area contributed by atoms with Crippen molar-refractivity contribution in [1.29, 1.82) is 0 Å². The quantitative estimate of drug-likeness (QED) is 0.762. The van der Waals surface area contributed by atoms with Crippen LogP contribution in [0.5, 0.6) is 0 Å². The highest BCUT2D eigenvalue weighted by Gasteiger charge is 2.31. The number of ketones is 1. The molecule has 1 aliphatic carbocycles. The van der Waals surface area contributed by atoms with Gasteiger partial charge in [0.25, 0.3) is 0 Å². The van der Waals surface area contributed by atoms with Gasteiger partial charge >= 0.3 is 0 Å². The fourth-order valence-electron chi connectivity index (χ4n) is 2.38. The first-order chi connectivity index (χ1) is 7.33. The third-order valence-corrected chi connectivity index (χ3v) is 3.08. The van der Waals surface area contributed by atoms with Crippen molar-refractivity contribution in [3.8, 4) is 0 Å². The highest BCUT2D eigenvalue weighted by molar-refractivity contribution is 6.18. The predicted octanol–water partition coefficient (Wildman–Crippen LogP) is 2.11. The maximum atomic E-state index is 11.9. The van der Waals surface area contributed by atoms with Crippen molar-refractivity contribution in [1.82, 2.24) is 0 Å². The molecule has 1 atom stereocenters. The molecule has 0 fully saturated rings. The summed E-state index contributed by atoms with van der Waals surface area (Å²) in [4.78, 5) is 11.9. The second-order valence-corrected chi connectivity index (χ2v) is 3.85. The Labute approximate surface area is 87.2 Å². The number of rotatable bonds is 1. The van der Waals surface area contributed by atoms with Crippen LogP contribution in [0.15, 0.2) is 36.4 Å². The van der Waals surface area contributed by atoms with Crippen LogP contribution in [0.4, 0.5) is 0 Å². The van der Waals surface area contributed by atoms with Crippen LogP contribution in [-0.4, -0.2) is 17.5 Å². The van der Waals surface area contributed by atoms with E-state index < -0.39 is 0 Å². The molecule has 0 heterocycles. The molecule has 0 saturated heterocycles. The van der Waals surface area contributed by atoms with Crippen molar-refractivity contribution < 1.29 is 9.90 Å². The van der Waals surface area contributed by atoms with Gasteiger partial charge < -0.3 is 5.11 Å². The number of hydrogen-bond acceptors (Lipinski definition) is 2. The molecule has 74 valence electrons. The van der Waals surface area contributed by atoms with Crippen molar-refractivity contribution in [2.24, 2.45) is 0 Å². The van der Waals surface area contributed by atoms with E-state index in [1.165, 1.54) is 0 Å². The lowest BCUT2D eigenvalue weighted by atomic mass is 10.0. The van der Waals surface area contributed by atoms with E-state index in [9.17, 15) is 9.90 Å². The summed E-state index contributed by atoms with van der Waals surface area (Å²) < 4.78 is 0. The average molecular weight is 198 g/mol. The zero-order chi connectivity index (χ0) is 10.4. The molecule has 15 heavy (non-hydrogen) atoms. The number of carbonyl (C=O) groups is 1. The van der Waals surface area contributed by atoms with Crippen LogP contribution in [0.25, 0.3) is 10.8 Å². The minimum Gasteiger partial charge on any atom is -0.395 e. The maximum absolute atomic E-state index is 11.9. The standard InChI is InChI=1S/C13H10O2/c14-7-11-9-5-1-3-8-4-2-6-10(12(8)9)13(11)15/h1-6,11,14H,7H2. The van der Waals surface area contributed by atoms with Gasteiger partial charge in [-0.15, -0.1) is 0 Å². The third-order valence-electron chi connectivity index (χ3n) is 3.08. The van der Waals surface area contributed by atoms with E-state index in [1.807, 2.05) is 36.4 Å². The van der Waals surface area contributed by atoms with Gasteiger partial charge in [-0.1, -0.05) is 36.4 Å². The molecule has 2 aromatic carbocycles. The monoisotopic (exact) mass is 198 g/mol. The van der Waals surface area contributed by atoms with E-state index in [-0.39, 0.29) is 18.3 Å². The largest absolute Gasteiger partial charge is 0.395 e. The van der Waals surface area contributed by atoms with Crippen LogP contribution >= 0.6 is 0 Å². The topological polar surface area (TPSA) is 37.3 Å². The Morgan fingerprint density at radius 1 is 1.13 bits per heavy atom. The van der Waals surface area contributed by atoms with Crippen LogP contribution < -0.4 is 0 Å². The zero-order valence-corrected chi connectivity index (χ0v) is 8.10. The van der Waals surface area contributed by atoms with Gasteiger partial charge in [-0.2, -0.15) is 0 Å². The van der Waals surface area contributed by atoms with Gasteiger partial charge in [0.15, 0.2) is 5.78 Å². The fraction of sp³-hybridized carbons (Fsp3) is 0.154. The lowest BCUT2D eigenvalue weighted by molar-refractivity contribution is 0.0932. The molecule has 0 spiro atoms. The smallest absolute Gasteiger partial charge is 0.173 e. The van der Waals surface area contributed by atoms with Crippen molar-refractivity contribution in [3.63, 3.8) is 0 Å². The van der Waals surface area contributed by atoms with Crippen LogP contribution in [0.2, 0.25) is 0 Å². The molecule has 2 aromatic rings. The van der Waals surface area contributed by atoms with Crippen molar-refractivity contribution in [3.05, 3.63) is 47.5 Å². The van der Waals surface area contributed by atoms with Gasteiger partial charge in [-0.3, -0.25) is 4.79 Å². The highest BCUT2D eigenvalue weighted by atomic mass is 16.3. The highest BCUT2D eigenvalue weighted by Crippen LogP contribution is 2.37. The molecule has 0 radical (unpaired) electrons. The molecule has 0 aliphatic heterocycles. The molecule has 2 nitrogen and oxygen atoms in total. The summed E-state index contributed by atoms with van der Waals surface area (Å²) in [6, 6.07) is 11.6. The van der Waals surface area contributed by atoms with E-state index in [1.54, 1.807) is 0 Å². The Kier molecular flexibility index (Phi) is 1.67.